The fourth-order valence-corrected chi connectivity index (χ4v) is 5.24. The summed E-state index contributed by atoms with van der Waals surface area (Å²) in [5.74, 6) is -0.493. The Hall–Kier alpha value is -4.37. The number of hydrogen-bond acceptors (Lipinski definition) is 7. The van der Waals surface area contributed by atoms with Crippen molar-refractivity contribution in [2.24, 2.45) is 0 Å². The van der Waals surface area contributed by atoms with E-state index in [0.29, 0.717) is 29.5 Å². The average Bonchev–Trinajstić information content (AvgIpc) is 3.51. The Kier molecular flexibility index (Phi) is 5.77. The maximum Gasteiger partial charge on any atom is 0.297 e. The number of aromatic nitrogens is 2. The van der Waals surface area contributed by atoms with Gasteiger partial charge in [0.2, 0.25) is 10.9 Å². The lowest BCUT2D eigenvalue weighted by Crippen LogP contribution is -2.29. The van der Waals surface area contributed by atoms with Crippen molar-refractivity contribution in [3.8, 4) is 5.75 Å². The predicted molar refractivity (Wildman–Crippen MR) is 138 cm³/mol. The number of carbonyl (C=O) groups is 1. The van der Waals surface area contributed by atoms with Gasteiger partial charge in [0.15, 0.2) is 5.43 Å². The van der Waals surface area contributed by atoms with E-state index in [2.05, 4.69) is 10.2 Å². The van der Waals surface area contributed by atoms with Gasteiger partial charge in [-0.2, -0.15) is 0 Å². The predicted octanol–water partition coefficient (Wildman–Crippen LogP) is 5.67. The van der Waals surface area contributed by atoms with Crippen molar-refractivity contribution in [3.63, 3.8) is 0 Å². The molecule has 184 valence electrons. The van der Waals surface area contributed by atoms with E-state index in [0.717, 1.165) is 16.6 Å². The van der Waals surface area contributed by atoms with Crippen LogP contribution in [0.3, 0.4) is 0 Å². The van der Waals surface area contributed by atoms with Gasteiger partial charge in [0.05, 0.1) is 17.0 Å². The molecule has 3 aromatic carbocycles. The fraction of sp³-hybridized carbons (Fsp3) is 0.143. The van der Waals surface area contributed by atoms with Crippen molar-refractivity contribution in [1.82, 2.24) is 10.2 Å². The van der Waals surface area contributed by atoms with Gasteiger partial charge in [0, 0.05) is 0 Å². The van der Waals surface area contributed by atoms with Crippen molar-refractivity contribution in [2.45, 2.75) is 26.0 Å². The molecule has 1 atom stereocenters. The molecule has 1 aliphatic heterocycles. The zero-order valence-electron chi connectivity index (χ0n) is 19.7. The van der Waals surface area contributed by atoms with Gasteiger partial charge in [-0.25, -0.2) is 4.39 Å². The molecule has 0 aliphatic carbocycles. The molecule has 1 amide bonds. The molecule has 0 N–H and O–H groups in total. The second-order valence-corrected chi connectivity index (χ2v) is 9.61. The number of nitrogens with zero attached hydrogens (tertiary/aromatic N) is 3. The first-order valence-electron chi connectivity index (χ1n) is 11.7. The van der Waals surface area contributed by atoms with Gasteiger partial charge in [-0.1, -0.05) is 60.7 Å². The minimum absolute atomic E-state index is 0.0766. The number of amides is 1. The van der Waals surface area contributed by atoms with Gasteiger partial charge in [-0.3, -0.25) is 14.5 Å². The minimum Gasteiger partial charge on any atom is -0.489 e. The van der Waals surface area contributed by atoms with E-state index >= 15 is 0 Å². The van der Waals surface area contributed by atoms with Crippen molar-refractivity contribution >= 4 is 33.3 Å². The summed E-state index contributed by atoms with van der Waals surface area (Å²) >= 11 is 1.28. The van der Waals surface area contributed by atoms with Crippen LogP contribution in [0.1, 0.15) is 45.2 Å². The topological polar surface area (TPSA) is 85.5 Å². The van der Waals surface area contributed by atoms with Crippen LogP contribution in [0.15, 0.2) is 82.0 Å². The quantitative estimate of drug-likeness (QED) is 0.291. The summed E-state index contributed by atoms with van der Waals surface area (Å²) in [6.45, 7) is 2.35. The molecule has 9 heteroatoms. The Morgan fingerprint density at radius 1 is 1.03 bits per heavy atom. The lowest BCUT2D eigenvalue weighted by atomic mass is 9.98. The van der Waals surface area contributed by atoms with Gasteiger partial charge < -0.3 is 9.15 Å². The molecule has 37 heavy (non-hydrogen) atoms. The number of ether oxygens (including phenoxy) is 1. The Morgan fingerprint density at radius 3 is 2.54 bits per heavy atom. The molecule has 0 spiro atoms. The summed E-state index contributed by atoms with van der Waals surface area (Å²) in [6.07, 6.45) is 0.658. The van der Waals surface area contributed by atoms with E-state index < -0.39 is 23.2 Å². The molecule has 2 aromatic heterocycles. The molecule has 0 saturated heterocycles. The van der Waals surface area contributed by atoms with E-state index in [1.807, 2.05) is 37.3 Å². The third-order valence-electron chi connectivity index (χ3n) is 6.24. The summed E-state index contributed by atoms with van der Waals surface area (Å²) in [6, 6.07) is 19.9. The average molecular weight is 514 g/mol. The fourth-order valence-electron chi connectivity index (χ4n) is 4.43. The Balaban J connectivity index is 1.44. The molecule has 0 bridgehead atoms. The summed E-state index contributed by atoms with van der Waals surface area (Å²) in [7, 11) is 0. The third kappa shape index (κ3) is 4.07. The molecule has 0 radical (unpaired) electrons. The maximum atomic E-state index is 14.0. The second kappa shape index (κ2) is 9.25. The second-order valence-electron chi connectivity index (χ2n) is 8.57. The highest BCUT2D eigenvalue weighted by molar-refractivity contribution is 7.15. The first-order chi connectivity index (χ1) is 18.0. The number of carbonyl (C=O) groups excluding carboxylic acids is 1. The first-order valence-corrected chi connectivity index (χ1v) is 12.5. The van der Waals surface area contributed by atoms with Gasteiger partial charge in [-0.05, 0) is 47.9 Å². The minimum atomic E-state index is -0.813. The summed E-state index contributed by atoms with van der Waals surface area (Å²) in [4.78, 5) is 28.6. The maximum absolute atomic E-state index is 14.0. The summed E-state index contributed by atoms with van der Waals surface area (Å²) in [5, 5.41) is 9.57. The van der Waals surface area contributed by atoms with Crippen LogP contribution < -0.4 is 15.1 Å². The van der Waals surface area contributed by atoms with Gasteiger partial charge in [-0.15, -0.1) is 10.2 Å². The van der Waals surface area contributed by atoms with Crippen LogP contribution in [0.25, 0.3) is 11.0 Å². The third-order valence-corrected chi connectivity index (χ3v) is 7.31. The number of fused-ring (bicyclic) bond motifs is 2. The van der Waals surface area contributed by atoms with Crippen LogP contribution in [0.2, 0.25) is 0 Å². The smallest absolute Gasteiger partial charge is 0.297 e. The highest BCUT2D eigenvalue weighted by Crippen LogP contribution is 2.42. The van der Waals surface area contributed by atoms with Crippen LogP contribution >= 0.6 is 11.3 Å². The van der Waals surface area contributed by atoms with E-state index in [-0.39, 0.29) is 22.3 Å². The van der Waals surface area contributed by atoms with Crippen LogP contribution in [-0.4, -0.2) is 16.1 Å². The SMILES string of the molecule is CCc1nnc(N2C(=O)c3oc4ccc(F)cc4c(=O)c3C2c2ccc(OCc3ccccc3)cc2)s1. The zero-order valence-corrected chi connectivity index (χ0v) is 20.5. The number of rotatable bonds is 6. The van der Waals surface area contributed by atoms with Gasteiger partial charge in [0.1, 0.15) is 28.8 Å². The molecule has 5 aromatic rings. The molecule has 1 unspecified atom stereocenters. The number of anilines is 1. The normalized spacial score (nSPS) is 14.8. The van der Waals surface area contributed by atoms with Crippen LogP contribution in [0, 0.1) is 5.82 Å². The Bertz CT molecular complexity index is 1680. The highest BCUT2D eigenvalue weighted by Gasteiger charge is 2.45. The number of benzene rings is 3. The van der Waals surface area contributed by atoms with Crippen molar-refractivity contribution in [1.29, 1.82) is 0 Å². The number of hydrogen-bond donors (Lipinski definition) is 0. The Labute approximate surface area is 214 Å². The summed E-state index contributed by atoms with van der Waals surface area (Å²) in [5.41, 5.74) is 1.54. The first kappa shape index (κ1) is 23.1. The molecular weight excluding hydrogens is 493 g/mol. The monoisotopic (exact) mass is 513 g/mol. The van der Waals surface area contributed by atoms with E-state index in [1.54, 1.807) is 24.3 Å². The highest BCUT2D eigenvalue weighted by atomic mass is 32.1. The van der Waals surface area contributed by atoms with Crippen molar-refractivity contribution < 1.29 is 18.3 Å². The van der Waals surface area contributed by atoms with Gasteiger partial charge >= 0.3 is 0 Å². The molecule has 1 aliphatic rings. The lowest BCUT2D eigenvalue weighted by molar-refractivity contribution is 0.0970. The van der Waals surface area contributed by atoms with E-state index in [4.69, 9.17) is 9.15 Å². The number of halogens is 1. The lowest BCUT2D eigenvalue weighted by Gasteiger charge is -2.22. The molecule has 3 heterocycles. The molecule has 6 rings (SSSR count). The van der Waals surface area contributed by atoms with Crippen molar-refractivity contribution in [3.05, 3.63) is 116 Å². The van der Waals surface area contributed by atoms with Crippen LogP contribution in [0.4, 0.5) is 9.52 Å². The largest absolute Gasteiger partial charge is 0.489 e. The van der Waals surface area contributed by atoms with E-state index in [1.165, 1.54) is 28.4 Å². The number of aryl methyl sites for hydroxylation is 1. The molecule has 0 saturated carbocycles. The summed E-state index contributed by atoms with van der Waals surface area (Å²) < 4.78 is 25.8. The van der Waals surface area contributed by atoms with Crippen LogP contribution in [-0.2, 0) is 13.0 Å². The van der Waals surface area contributed by atoms with Crippen molar-refractivity contribution in [2.75, 3.05) is 4.90 Å². The standard InChI is InChI=1S/C28H20FN3O4S/c1-2-22-30-31-28(37-22)32-24(17-8-11-19(12-9-17)35-15-16-6-4-3-5-7-16)23-25(33)20-14-18(29)10-13-21(20)36-26(23)27(32)34/h3-14,24H,2,15H2,1H3. The molecule has 7 nitrogen and oxygen atoms in total. The Morgan fingerprint density at radius 2 is 1.81 bits per heavy atom. The van der Waals surface area contributed by atoms with Crippen LogP contribution in [0.5, 0.6) is 5.75 Å². The van der Waals surface area contributed by atoms with Gasteiger partial charge in [0.25, 0.3) is 5.91 Å². The van der Waals surface area contributed by atoms with E-state index in [9.17, 15) is 14.0 Å². The zero-order chi connectivity index (χ0) is 25.5. The molecule has 0 fully saturated rings. The molecular formula is C28H20FN3O4S.